The Morgan fingerprint density at radius 1 is 1.69 bits per heavy atom. The Morgan fingerprint density at radius 3 is 3.12 bits per heavy atom. The molecule has 16 heavy (non-hydrogen) atoms. The number of ether oxygens (including phenoxy) is 1. The zero-order chi connectivity index (χ0) is 11.7. The third-order valence-electron chi connectivity index (χ3n) is 1.99. The molecule has 0 fully saturated rings. The minimum Gasteiger partial charge on any atom is -0.492 e. The maximum Gasteiger partial charge on any atom is 0.171 e. The van der Waals surface area contributed by atoms with Gasteiger partial charge in [0, 0.05) is 6.07 Å². The zero-order valence-electron chi connectivity index (χ0n) is 8.57. The quantitative estimate of drug-likeness (QED) is 0.646. The van der Waals surface area contributed by atoms with Crippen LogP contribution in [0.4, 0.5) is 0 Å². The zero-order valence-corrected chi connectivity index (χ0v) is 10.9. The lowest BCUT2D eigenvalue weighted by molar-refractivity contribution is 0.298. The molecule has 0 amide bonds. The molecule has 0 radical (unpaired) electrons. The molecule has 0 aliphatic heterocycles. The number of nitrogens with zero attached hydrogens (tertiary/aromatic N) is 3. The van der Waals surface area contributed by atoms with Crippen molar-refractivity contribution in [2.24, 2.45) is 0 Å². The third-order valence-corrected chi connectivity index (χ3v) is 2.82. The minimum absolute atomic E-state index is 0.464. The van der Waals surface area contributed by atoms with Crippen LogP contribution in [0.2, 0.25) is 5.15 Å². The van der Waals surface area contributed by atoms with Crippen LogP contribution in [0.15, 0.2) is 23.3 Å². The highest BCUT2D eigenvalue weighted by atomic mass is 79.9. The van der Waals surface area contributed by atoms with Crippen molar-refractivity contribution in [2.75, 3.05) is 6.61 Å². The largest absolute Gasteiger partial charge is 0.492 e. The molecule has 0 bridgehead atoms. The summed E-state index contributed by atoms with van der Waals surface area (Å²) in [4.78, 5) is 4.36. The van der Waals surface area contributed by atoms with Gasteiger partial charge in [0.2, 0.25) is 0 Å². The van der Waals surface area contributed by atoms with Gasteiger partial charge in [0.05, 0.1) is 17.3 Å². The van der Waals surface area contributed by atoms with E-state index < -0.39 is 0 Å². The van der Waals surface area contributed by atoms with Gasteiger partial charge in [-0.15, -0.1) is 0 Å². The van der Waals surface area contributed by atoms with Crippen LogP contribution in [-0.2, 0) is 4.74 Å². The minimum atomic E-state index is 0.464. The Bertz CT molecular complexity index is 552. The summed E-state index contributed by atoms with van der Waals surface area (Å²) >= 11 is 9.41. The van der Waals surface area contributed by atoms with Crippen molar-refractivity contribution in [3.63, 3.8) is 0 Å². The van der Waals surface area contributed by atoms with Crippen LogP contribution in [0.5, 0.6) is 0 Å². The summed E-state index contributed by atoms with van der Waals surface area (Å²) in [5, 5.41) is 4.53. The smallest absolute Gasteiger partial charge is 0.171 e. The predicted molar refractivity (Wildman–Crippen MR) is 66.4 cm³/mol. The average molecular weight is 303 g/mol. The van der Waals surface area contributed by atoms with E-state index in [1.807, 2.05) is 6.92 Å². The fraction of sp³-hybridized carbons (Fsp3) is 0.200. The highest BCUT2D eigenvalue weighted by molar-refractivity contribution is 9.10. The average Bonchev–Trinajstić information content (AvgIpc) is 2.61. The second kappa shape index (κ2) is 4.43. The van der Waals surface area contributed by atoms with Gasteiger partial charge in [-0.1, -0.05) is 18.2 Å². The fourth-order valence-corrected chi connectivity index (χ4v) is 1.87. The topological polar surface area (TPSA) is 39.4 Å². The molecule has 0 spiro atoms. The van der Waals surface area contributed by atoms with Crippen LogP contribution in [0.25, 0.3) is 11.4 Å². The van der Waals surface area contributed by atoms with Crippen molar-refractivity contribution < 1.29 is 4.74 Å². The molecule has 0 atom stereocenters. The number of rotatable bonds is 3. The monoisotopic (exact) mass is 301 g/mol. The maximum absolute atomic E-state index is 6.06. The lowest BCUT2D eigenvalue weighted by atomic mass is 10.3. The molecule has 2 aromatic heterocycles. The van der Waals surface area contributed by atoms with Crippen molar-refractivity contribution in [3.8, 4) is 0 Å². The van der Waals surface area contributed by atoms with E-state index in [2.05, 4.69) is 32.6 Å². The molecule has 0 aliphatic rings. The SMILES string of the molecule is C=C(OCC)c1cc(Cl)n2ncc(Br)c2n1. The van der Waals surface area contributed by atoms with Crippen LogP contribution in [0.3, 0.4) is 0 Å². The number of aromatic nitrogens is 3. The van der Waals surface area contributed by atoms with E-state index in [1.54, 1.807) is 12.3 Å². The molecule has 0 aromatic carbocycles. The first-order chi connectivity index (χ1) is 7.63. The van der Waals surface area contributed by atoms with Gasteiger partial charge in [0.15, 0.2) is 5.65 Å². The molecule has 84 valence electrons. The van der Waals surface area contributed by atoms with Crippen molar-refractivity contribution in [1.82, 2.24) is 14.6 Å². The molecule has 6 heteroatoms. The first-order valence-corrected chi connectivity index (χ1v) is 5.82. The van der Waals surface area contributed by atoms with Crippen LogP contribution in [0.1, 0.15) is 12.6 Å². The first kappa shape index (κ1) is 11.4. The van der Waals surface area contributed by atoms with E-state index in [0.29, 0.717) is 28.9 Å². The van der Waals surface area contributed by atoms with E-state index >= 15 is 0 Å². The van der Waals surface area contributed by atoms with Crippen molar-refractivity contribution >= 4 is 38.9 Å². The van der Waals surface area contributed by atoms with Gasteiger partial charge in [-0.3, -0.25) is 0 Å². The third kappa shape index (κ3) is 1.92. The van der Waals surface area contributed by atoms with Gasteiger partial charge in [-0.2, -0.15) is 5.10 Å². The Balaban J connectivity index is 2.56. The van der Waals surface area contributed by atoms with E-state index in [9.17, 15) is 0 Å². The highest BCUT2D eigenvalue weighted by Gasteiger charge is 2.10. The highest BCUT2D eigenvalue weighted by Crippen LogP contribution is 2.23. The number of fused-ring (bicyclic) bond motifs is 1. The fourth-order valence-electron chi connectivity index (χ4n) is 1.29. The summed E-state index contributed by atoms with van der Waals surface area (Å²) in [5.74, 6) is 0.500. The summed E-state index contributed by atoms with van der Waals surface area (Å²) in [6.07, 6.45) is 1.64. The van der Waals surface area contributed by atoms with Crippen molar-refractivity contribution in [2.45, 2.75) is 6.92 Å². The Labute approximate surface area is 106 Å². The Kier molecular flexibility index (Phi) is 3.16. The molecule has 0 aliphatic carbocycles. The van der Waals surface area contributed by atoms with Gasteiger partial charge >= 0.3 is 0 Å². The van der Waals surface area contributed by atoms with Crippen LogP contribution in [0, 0.1) is 0 Å². The molecule has 2 aromatic rings. The second-order valence-corrected chi connectivity index (χ2v) is 4.29. The van der Waals surface area contributed by atoms with E-state index in [-0.39, 0.29) is 0 Å². The lowest BCUT2D eigenvalue weighted by Gasteiger charge is -2.07. The maximum atomic E-state index is 6.06. The Hall–Kier alpha value is -1.07. The van der Waals surface area contributed by atoms with E-state index in [4.69, 9.17) is 16.3 Å². The van der Waals surface area contributed by atoms with Gasteiger partial charge in [0.1, 0.15) is 16.6 Å². The Morgan fingerprint density at radius 2 is 2.44 bits per heavy atom. The van der Waals surface area contributed by atoms with E-state index in [0.717, 1.165) is 4.47 Å². The van der Waals surface area contributed by atoms with Crippen LogP contribution in [-0.4, -0.2) is 21.2 Å². The molecule has 2 heterocycles. The number of halogens is 2. The molecule has 0 saturated carbocycles. The summed E-state index contributed by atoms with van der Waals surface area (Å²) < 4.78 is 7.60. The molecule has 0 saturated heterocycles. The molecule has 4 nitrogen and oxygen atoms in total. The van der Waals surface area contributed by atoms with Crippen molar-refractivity contribution in [3.05, 3.63) is 34.2 Å². The second-order valence-electron chi connectivity index (χ2n) is 3.05. The molecular formula is C10H9BrClN3O. The van der Waals surface area contributed by atoms with Gasteiger partial charge in [-0.05, 0) is 22.9 Å². The van der Waals surface area contributed by atoms with Crippen molar-refractivity contribution in [1.29, 1.82) is 0 Å². The van der Waals surface area contributed by atoms with Gasteiger partial charge < -0.3 is 4.74 Å². The van der Waals surface area contributed by atoms with E-state index in [1.165, 1.54) is 4.52 Å². The van der Waals surface area contributed by atoms with Crippen LogP contribution < -0.4 is 0 Å². The summed E-state index contributed by atoms with van der Waals surface area (Å²) in [6.45, 7) is 6.22. The predicted octanol–water partition coefficient (Wildman–Crippen LogP) is 3.15. The summed E-state index contributed by atoms with van der Waals surface area (Å²) in [5.41, 5.74) is 1.25. The number of hydrogen-bond donors (Lipinski definition) is 0. The standard InChI is InChI=1S/C10H9BrClN3O/c1-3-16-6(2)8-4-9(12)15-10(14-8)7(11)5-13-15/h4-5H,2-3H2,1H3. The molecular weight excluding hydrogens is 293 g/mol. The molecule has 0 unspecified atom stereocenters. The van der Waals surface area contributed by atoms with Gasteiger partial charge in [0.25, 0.3) is 0 Å². The van der Waals surface area contributed by atoms with Crippen LogP contribution >= 0.6 is 27.5 Å². The normalized spacial score (nSPS) is 10.7. The lowest BCUT2D eigenvalue weighted by Crippen LogP contribution is -1.99. The first-order valence-electron chi connectivity index (χ1n) is 4.65. The summed E-state index contributed by atoms with van der Waals surface area (Å²) in [7, 11) is 0. The number of hydrogen-bond acceptors (Lipinski definition) is 3. The summed E-state index contributed by atoms with van der Waals surface area (Å²) in [6, 6.07) is 1.67. The van der Waals surface area contributed by atoms with Gasteiger partial charge in [-0.25, -0.2) is 9.50 Å². The molecule has 2 rings (SSSR count). The molecule has 0 N–H and O–H groups in total.